The molecule has 0 spiro atoms. The van der Waals surface area contributed by atoms with Gasteiger partial charge in [0.15, 0.2) is 12.4 Å². The minimum atomic E-state index is -0.228. The molecule has 0 radical (unpaired) electrons. The molecular weight excluding hydrogens is 469 g/mol. The Morgan fingerprint density at radius 2 is 2.04 bits per heavy atom. The Bertz CT molecular complexity index is 988. The average Bonchev–Trinajstić information content (AvgIpc) is 3.27. The topological polar surface area (TPSA) is 65.2 Å². The van der Waals surface area contributed by atoms with Gasteiger partial charge in [-0.15, -0.1) is 0 Å². The second-order valence-corrected chi connectivity index (χ2v) is 7.73. The fourth-order valence-corrected chi connectivity index (χ4v) is 3.48. The fourth-order valence-electron chi connectivity index (χ4n) is 2.47. The van der Waals surface area contributed by atoms with Gasteiger partial charge in [0.1, 0.15) is 11.4 Å². The molecular formula is C18H18BrCl2N5O2. The van der Waals surface area contributed by atoms with Crippen molar-refractivity contribution in [3.63, 3.8) is 0 Å². The van der Waals surface area contributed by atoms with Crippen LogP contribution in [0.1, 0.15) is 23.1 Å². The Hall–Kier alpha value is -2.03. The lowest BCUT2D eigenvalue weighted by Crippen LogP contribution is -2.27. The van der Waals surface area contributed by atoms with Gasteiger partial charge in [0, 0.05) is 31.0 Å². The normalized spacial score (nSPS) is 10.9. The van der Waals surface area contributed by atoms with E-state index in [1.165, 1.54) is 4.90 Å². The third-order valence-electron chi connectivity index (χ3n) is 3.95. The maximum absolute atomic E-state index is 12.6. The zero-order valence-corrected chi connectivity index (χ0v) is 18.4. The molecule has 148 valence electrons. The summed E-state index contributed by atoms with van der Waals surface area (Å²) in [6.45, 7) is 3.14. The van der Waals surface area contributed by atoms with Crippen molar-refractivity contribution in [3.05, 3.63) is 62.6 Å². The first-order valence-electron chi connectivity index (χ1n) is 8.46. The summed E-state index contributed by atoms with van der Waals surface area (Å²) in [6.07, 6.45) is 3.43. The van der Waals surface area contributed by atoms with Crippen LogP contribution in [-0.4, -0.2) is 37.4 Å². The van der Waals surface area contributed by atoms with E-state index in [2.05, 4.69) is 26.1 Å². The lowest BCUT2D eigenvalue weighted by atomic mass is 10.3. The minimum Gasteiger partial charge on any atom is -0.470 e. The summed E-state index contributed by atoms with van der Waals surface area (Å²) < 4.78 is 9.72. The largest absolute Gasteiger partial charge is 0.470 e. The molecule has 7 nitrogen and oxygen atoms in total. The number of ether oxygens (including phenoxy) is 1. The molecule has 3 aromatic rings. The monoisotopic (exact) mass is 485 g/mol. The SMILES string of the molecule is CCn1cc(Cl)c(CN(C)C(=O)c2ccn(COc3ccc(Cl)cc3Br)n2)n1. The molecule has 0 aliphatic carbocycles. The number of aryl methyl sites for hydroxylation is 1. The number of benzene rings is 1. The van der Waals surface area contributed by atoms with Crippen molar-refractivity contribution < 1.29 is 9.53 Å². The van der Waals surface area contributed by atoms with Gasteiger partial charge in [0.05, 0.1) is 16.0 Å². The van der Waals surface area contributed by atoms with Crippen molar-refractivity contribution in [2.24, 2.45) is 0 Å². The predicted molar refractivity (Wildman–Crippen MR) is 111 cm³/mol. The van der Waals surface area contributed by atoms with E-state index >= 15 is 0 Å². The zero-order chi connectivity index (χ0) is 20.3. The Labute approximate surface area is 180 Å². The van der Waals surface area contributed by atoms with Gasteiger partial charge in [-0.2, -0.15) is 10.2 Å². The van der Waals surface area contributed by atoms with Gasteiger partial charge in [-0.3, -0.25) is 9.48 Å². The van der Waals surface area contributed by atoms with E-state index in [0.29, 0.717) is 40.3 Å². The van der Waals surface area contributed by atoms with Gasteiger partial charge < -0.3 is 9.64 Å². The van der Waals surface area contributed by atoms with Crippen LogP contribution in [0.3, 0.4) is 0 Å². The van der Waals surface area contributed by atoms with E-state index in [9.17, 15) is 4.79 Å². The first-order chi connectivity index (χ1) is 13.4. The quantitative estimate of drug-likeness (QED) is 0.494. The molecule has 0 unspecified atom stereocenters. The van der Waals surface area contributed by atoms with Crippen LogP contribution < -0.4 is 4.74 Å². The van der Waals surface area contributed by atoms with Crippen LogP contribution in [0, 0.1) is 0 Å². The Balaban J connectivity index is 1.62. The van der Waals surface area contributed by atoms with Crippen molar-refractivity contribution in [1.29, 1.82) is 0 Å². The molecule has 0 N–H and O–H groups in total. The molecule has 2 aromatic heterocycles. The highest BCUT2D eigenvalue weighted by Gasteiger charge is 2.18. The van der Waals surface area contributed by atoms with Crippen molar-refractivity contribution in [2.75, 3.05) is 7.05 Å². The third-order valence-corrected chi connectivity index (χ3v) is 5.12. The van der Waals surface area contributed by atoms with Crippen LogP contribution in [0.25, 0.3) is 0 Å². The third kappa shape index (κ3) is 4.87. The summed E-state index contributed by atoms with van der Waals surface area (Å²) in [5.41, 5.74) is 0.960. The van der Waals surface area contributed by atoms with Crippen LogP contribution in [0.15, 0.2) is 41.1 Å². The van der Waals surface area contributed by atoms with E-state index in [1.807, 2.05) is 6.92 Å². The highest BCUT2D eigenvalue weighted by molar-refractivity contribution is 9.10. The maximum atomic E-state index is 12.6. The highest BCUT2D eigenvalue weighted by Crippen LogP contribution is 2.28. The lowest BCUT2D eigenvalue weighted by Gasteiger charge is -2.14. The molecule has 1 aromatic carbocycles. The van der Waals surface area contributed by atoms with Crippen molar-refractivity contribution in [2.45, 2.75) is 26.7 Å². The van der Waals surface area contributed by atoms with E-state index < -0.39 is 0 Å². The van der Waals surface area contributed by atoms with Gasteiger partial charge in [-0.1, -0.05) is 23.2 Å². The summed E-state index contributed by atoms with van der Waals surface area (Å²) >= 11 is 15.5. The highest BCUT2D eigenvalue weighted by atomic mass is 79.9. The summed E-state index contributed by atoms with van der Waals surface area (Å²) in [4.78, 5) is 14.2. The Kier molecular flexibility index (Phi) is 6.64. The molecule has 0 fully saturated rings. The molecule has 0 aliphatic rings. The Morgan fingerprint density at radius 3 is 2.71 bits per heavy atom. The van der Waals surface area contributed by atoms with Gasteiger partial charge >= 0.3 is 0 Å². The average molecular weight is 487 g/mol. The number of rotatable bonds is 7. The summed E-state index contributed by atoms with van der Waals surface area (Å²) in [7, 11) is 1.68. The molecule has 0 atom stereocenters. The maximum Gasteiger partial charge on any atom is 0.274 e. The van der Waals surface area contributed by atoms with Gasteiger partial charge in [0.25, 0.3) is 5.91 Å². The van der Waals surface area contributed by atoms with Crippen molar-refractivity contribution >= 4 is 45.0 Å². The summed E-state index contributed by atoms with van der Waals surface area (Å²) in [6, 6.07) is 6.88. The number of nitrogens with zero attached hydrogens (tertiary/aromatic N) is 5. The number of hydrogen-bond acceptors (Lipinski definition) is 4. The molecule has 0 bridgehead atoms. The first-order valence-corrected chi connectivity index (χ1v) is 10.0. The van der Waals surface area contributed by atoms with E-state index in [0.717, 1.165) is 4.47 Å². The molecule has 2 heterocycles. The number of carbonyl (C=O) groups excluding carboxylic acids is 1. The Morgan fingerprint density at radius 1 is 1.25 bits per heavy atom. The van der Waals surface area contributed by atoms with E-state index in [1.54, 1.807) is 53.1 Å². The second kappa shape index (κ2) is 8.98. The van der Waals surface area contributed by atoms with Crippen LogP contribution in [0.4, 0.5) is 0 Å². The smallest absolute Gasteiger partial charge is 0.274 e. The molecule has 0 saturated heterocycles. The van der Waals surface area contributed by atoms with E-state index in [4.69, 9.17) is 27.9 Å². The molecule has 10 heteroatoms. The van der Waals surface area contributed by atoms with E-state index in [-0.39, 0.29) is 12.6 Å². The van der Waals surface area contributed by atoms with Crippen LogP contribution >= 0.6 is 39.1 Å². The van der Waals surface area contributed by atoms with Crippen LogP contribution in [0.5, 0.6) is 5.75 Å². The van der Waals surface area contributed by atoms with Crippen molar-refractivity contribution in [1.82, 2.24) is 24.5 Å². The van der Waals surface area contributed by atoms with Gasteiger partial charge in [-0.25, -0.2) is 4.68 Å². The summed E-state index contributed by atoms with van der Waals surface area (Å²) in [5.74, 6) is 0.402. The lowest BCUT2D eigenvalue weighted by molar-refractivity contribution is 0.0775. The molecule has 0 saturated carbocycles. The fraction of sp³-hybridized carbons (Fsp3) is 0.278. The number of amides is 1. The second-order valence-electron chi connectivity index (χ2n) is 6.03. The van der Waals surface area contributed by atoms with Crippen LogP contribution in [-0.2, 0) is 19.8 Å². The van der Waals surface area contributed by atoms with Gasteiger partial charge in [-0.05, 0) is 47.1 Å². The number of aromatic nitrogens is 4. The van der Waals surface area contributed by atoms with Crippen molar-refractivity contribution in [3.8, 4) is 5.75 Å². The summed E-state index contributed by atoms with van der Waals surface area (Å²) in [5, 5.41) is 9.78. The number of hydrogen-bond donors (Lipinski definition) is 0. The predicted octanol–water partition coefficient (Wildman–Crippen LogP) is 4.48. The molecule has 0 aliphatic heterocycles. The number of carbonyl (C=O) groups is 1. The minimum absolute atomic E-state index is 0.157. The molecule has 28 heavy (non-hydrogen) atoms. The molecule has 1 amide bonds. The van der Waals surface area contributed by atoms with Gasteiger partial charge in [0.2, 0.25) is 0 Å². The van der Waals surface area contributed by atoms with Crippen LogP contribution in [0.2, 0.25) is 10.0 Å². The molecule has 3 rings (SSSR count). The number of halogens is 3. The standard InChI is InChI=1S/C18H18BrCl2N5O2/c1-3-25-9-14(21)16(23-25)10-24(2)18(27)15-6-7-26(22-15)11-28-17-5-4-12(20)8-13(17)19/h4-9H,3,10-11H2,1-2H3. The first kappa shape index (κ1) is 20.7. The zero-order valence-electron chi connectivity index (χ0n) is 15.3.